The molecular formula is C23H21BrClN3O5. The number of carbonyl (C=O) groups excluding carboxylic acids is 2. The van der Waals surface area contributed by atoms with Crippen LogP contribution in [-0.4, -0.2) is 35.3 Å². The van der Waals surface area contributed by atoms with Gasteiger partial charge in [-0.3, -0.25) is 0 Å². The van der Waals surface area contributed by atoms with Gasteiger partial charge in [0.15, 0.2) is 0 Å². The average molecular weight is 535 g/mol. The van der Waals surface area contributed by atoms with E-state index in [1.165, 1.54) is 6.20 Å². The van der Waals surface area contributed by atoms with Gasteiger partial charge in [0.25, 0.3) is 5.90 Å². The molecule has 1 unspecified atom stereocenters. The molecule has 0 radical (unpaired) electrons. The van der Waals surface area contributed by atoms with Gasteiger partial charge in [0.2, 0.25) is 11.7 Å². The Morgan fingerprint density at radius 1 is 1.15 bits per heavy atom. The maximum Gasteiger partial charge on any atom is 0.337 e. The first-order chi connectivity index (χ1) is 16.0. The molecule has 0 aliphatic carbocycles. The van der Waals surface area contributed by atoms with Gasteiger partial charge >= 0.3 is 11.9 Å². The molecule has 0 spiro atoms. The summed E-state index contributed by atoms with van der Waals surface area (Å²) in [6.45, 7) is 2.55. The van der Waals surface area contributed by atoms with Gasteiger partial charge in [-0.15, -0.1) is 0 Å². The van der Waals surface area contributed by atoms with Gasteiger partial charge in [-0.25, -0.2) is 24.6 Å². The van der Waals surface area contributed by atoms with Crippen molar-refractivity contribution in [2.45, 2.75) is 44.9 Å². The van der Waals surface area contributed by atoms with Crippen LogP contribution in [0.5, 0.6) is 0 Å². The van der Waals surface area contributed by atoms with Crippen LogP contribution in [0.3, 0.4) is 0 Å². The fourth-order valence-corrected chi connectivity index (χ4v) is 4.13. The molecule has 0 aromatic carbocycles. The van der Waals surface area contributed by atoms with Crippen LogP contribution >= 0.6 is 27.5 Å². The number of carbonyl (C=O) groups is 2. The first-order valence-electron chi connectivity index (χ1n) is 10.6. The Labute approximate surface area is 204 Å². The molecule has 0 amide bonds. The lowest BCUT2D eigenvalue weighted by molar-refractivity contribution is -0.134. The SMILES string of the molecule is CCCC(CCCCOC1=NC2=CN=C3OC(=O)/C=C/C(=O)OC1=C23)c1cnc(Br)c(Cl)c1. The molecule has 3 aliphatic heterocycles. The Morgan fingerprint density at radius 2 is 1.94 bits per heavy atom. The minimum absolute atomic E-state index is 0.0378. The highest BCUT2D eigenvalue weighted by Crippen LogP contribution is 2.34. The molecule has 8 nitrogen and oxygen atoms in total. The van der Waals surface area contributed by atoms with E-state index < -0.39 is 11.9 Å². The number of halogens is 2. The number of rotatable bonds is 8. The zero-order chi connectivity index (χ0) is 23.4. The van der Waals surface area contributed by atoms with Crippen molar-refractivity contribution in [2.75, 3.05) is 6.61 Å². The summed E-state index contributed by atoms with van der Waals surface area (Å²) in [5, 5.41) is 0.610. The van der Waals surface area contributed by atoms with Gasteiger partial charge in [0.1, 0.15) is 15.9 Å². The molecule has 0 saturated heterocycles. The van der Waals surface area contributed by atoms with Crippen LogP contribution in [0, 0.1) is 0 Å². The first-order valence-corrected chi connectivity index (χ1v) is 11.8. The smallest absolute Gasteiger partial charge is 0.337 e. The van der Waals surface area contributed by atoms with Gasteiger partial charge in [0.05, 0.1) is 17.8 Å². The van der Waals surface area contributed by atoms with Crippen LogP contribution < -0.4 is 0 Å². The number of hydrogen-bond donors (Lipinski definition) is 0. The number of esters is 2. The molecule has 0 N–H and O–H groups in total. The molecule has 172 valence electrons. The third kappa shape index (κ3) is 5.42. The van der Waals surface area contributed by atoms with Crippen molar-refractivity contribution in [3.63, 3.8) is 0 Å². The Kier molecular flexibility index (Phi) is 7.39. The molecule has 1 aromatic rings. The minimum Gasteiger partial charge on any atom is -0.475 e. The highest BCUT2D eigenvalue weighted by atomic mass is 79.9. The van der Waals surface area contributed by atoms with Crippen LogP contribution in [0.25, 0.3) is 0 Å². The number of pyridine rings is 1. The molecule has 10 heteroatoms. The number of aromatic nitrogens is 1. The van der Waals surface area contributed by atoms with Gasteiger partial charge in [-0.2, -0.15) is 0 Å². The van der Waals surface area contributed by atoms with E-state index in [-0.39, 0.29) is 17.6 Å². The lowest BCUT2D eigenvalue weighted by atomic mass is 9.91. The number of nitrogens with zero attached hydrogens (tertiary/aromatic N) is 3. The summed E-state index contributed by atoms with van der Waals surface area (Å²) in [6.07, 6.45) is 10.1. The van der Waals surface area contributed by atoms with E-state index >= 15 is 0 Å². The Balaban J connectivity index is 1.34. The average Bonchev–Trinajstić information content (AvgIpc) is 3.34. The molecule has 4 heterocycles. The summed E-state index contributed by atoms with van der Waals surface area (Å²) in [7, 11) is 0. The predicted molar refractivity (Wildman–Crippen MR) is 126 cm³/mol. The first kappa shape index (κ1) is 23.4. The summed E-state index contributed by atoms with van der Waals surface area (Å²) >= 11 is 9.55. The molecular weight excluding hydrogens is 514 g/mol. The second-order valence-corrected chi connectivity index (χ2v) is 8.77. The topological polar surface area (TPSA) is 99.4 Å². The molecule has 4 rings (SSSR count). The van der Waals surface area contributed by atoms with Crippen molar-refractivity contribution >= 4 is 51.3 Å². The maximum atomic E-state index is 12.0. The van der Waals surface area contributed by atoms with E-state index in [9.17, 15) is 9.59 Å². The zero-order valence-electron chi connectivity index (χ0n) is 17.8. The monoisotopic (exact) mass is 533 g/mol. The van der Waals surface area contributed by atoms with E-state index in [1.807, 2.05) is 12.3 Å². The summed E-state index contributed by atoms with van der Waals surface area (Å²) in [4.78, 5) is 36.4. The lowest BCUT2D eigenvalue weighted by Crippen LogP contribution is -2.16. The fourth-order valence-electron chi connectivity index (χ4n) is 3.74. The summed E-state index contributed by atoms with van der Waals surface area (Å²) in [5.74, 6) is -0.742. The van der Waals surface area contributed by atoms with E-state index in [1.54, 1.807) is 0 Å². The Morgan fingerprint density at radius 3 is 2.70 bits per heavy atom. The van der Waals surface area contributed by atoms with Crippen LogP contribution in [0.1, 0.15) is 50.5 Å². The standard InChI is InChI=1S/C23H21BrClN3O5/c1-2-5-13(14-10-15(25)21(24)26-11-14)6-3-4-9-31-23-20-19-16(28-23)12-27-22(19)33-18(30)8-7-17(29)32-20/h7-8,10-13H,2-6,9H2,1H3/b8-7+. The van der Waals surface area contributed by atoms with Gasteiger partial charge in [-0.05, 0) is 59.2 Å². The largest absolute Gasteiger partial charge is 0.475 e. The van der Waals surface area contributed by atoms with Crippen molar-refractivity contribution in [1.82, 2.24) is 4.98 Å². The highest BCUT2D eigenvalue weighted by molar-refractivity contribution is 9.10. The lowest BCUT2D eigenvalue weighted by Gasteiger charge is -2.17. The molecule has 0 bridgehead atoms. The van der Waals surface area contributed by atoms with E-state index in [0.717, 1.165) is 49.8 Å². The zero-order valence-corrected chi connectivity index (χ0v) is 20.2. The van der Waals surface area contributed by atoms with E-state index in [2.05, 4.69) is 37.8 Å². The number of ether oxygens (including phenoxy) is 3. The van der Waals surface area contributed by atoms with Crippen molar-refractivity contribution in [2.24, 2.45) is 9.98 Å². The van der Waals surface area contributed by atoms with Gasteiger partial charge < -0.3 is 14.2 Å². The molecule has 1 aromatic heterocycles. The van der Waals surface area contributed by atoms with Crippen LogP contribution in [0.15, 0.2) is 62.2 Å². The molecule has 33 heavy (non-hydrogen) atoms. The Hall–Kier alpha value is -2.78. The normalized spacial score (nSPS) is 18.8. The molecule has 1 atom stereocenters. The third-order valence-electron chi connectivity index (χ3n) is 5.28. The molecule has 3 aliphatic rings. The summed E-state index contributed by atoms with van der Waals surface area (Å²) in [6, 6.07) is 1.97. The molecule has 0 fully saturated rings. The summed E-state index contributed by atoms with van der Waals surface area (Å²) in [5.41, 5.74) is 1.91. The van der Waals surface area contributed by atoms with Crippen molar-refractivity contribution in [1.29, 1.82) is 0 Å². The number of hydrogen-bond acceptors (Lipinski definition) is 8. The highest BCUT2D eigenvalue weighted by Gasteiger charge is 2.37. The summed E-state index contributed by atoms with van der Waals surface area (Å²) < 4.78 is 17.0. The third-order valence-corrected chi connectivity index (χ3v) is 6.43. The predicted octanol–water partition coefficient (Wildman–Crippen LogP) is 5.14. The van der Waals surface area contributed by atoms with Crippen molar-refractivity contribution in [3.05, 3.63) is 62.8 Å². The molecule has 0 saturated carbocycles. The second-order valence-electron chi connectivity index (χ2n) is 7.62. The Bertz CT molecular complexity index is 1140. The van der Waals surface area contributed by atoms with Crippen molar-refractivity contribution < 1.29 is 23.8 Å². The van der Waals surface area contributed by atoms with Crippen molar-refractivity contribution in [3.8, 4) is 0 Å². The van der Waals surface area contributed by atoms with Gasteiger partial charge in [-0.1, -0.05) is 24.9 Å². The van der Waals surface area contributed by atoms with Crippen LogP contribution in [0.4, 0.5) is 0 Å². The minimum atomic E-state index is -0.718. The quantitative estimate of drug-likeness (QED) is 0.260. The fraction of sp³-hybridized carbons (Fsp3) is 0.348. The maximum absolute atomic E-state index is 12.0. The van der Waals surface area contributed by atoms with E-state index in [4.69, 9.17) is 25.8 Å². The second kappa shape index (κ2) is 10.4. The van der Waals surface area contributed by atoms with Crippen LogP contribution in [0.2, 0.25) is 5.02 Å². The number of unbranched alkanes of at least 4 members (excludes halogenated alkanes) is 1. The number of aliphatic imine (C=N–C) groups is 2. The van der Waals surface area contributed by atoms with E-state index in [0.29, 0.717) is 33.4 Å². The van der Waals surface area contributed by atoms with Crippen LogP contribution in [-0.2, 0) is 23.8 Å². The van der Waals surface area contributed by atoms with Gasteiger partial charge in [0, 0.05) is 18.3 Å².